The van der Waals surface area contributed by atoms with E-state index in [1.165, 1.54) is 20.4 Å². The summed E-state index contributed by atoms with van der Waals surface area (Å²) in [6, 6.07) is 14.1. The molecule has 0 fully saturated rings. The Labute approximate surface area is 180 Å². The maximum absolute atomic E-state index is 13.1. The van der Waals surface area contributed by atoms with E-state index in [0.29, 0.717) is 28.3 Å². The highest BCUT2D eigenvalue weighted by atomic mass is 16.5. The fourth-order valence-corrected chi connectivity index (χ4v) is 3.27. The van der Waals surface area contributed by atoms with Gasteiger partial charge in [-0.15, -0.1) is 0 Å². The van der Waals surface area contributed by atoms with Gasteiger partial charge in [-0.2, -0.15) is 5.10 Å². The van der Waals surface area contributed by atoms with E-state index in [9.17, 15) is 9.59 Å². The summed E-state index contributed by atoms with van der Waals surface area (Å²) in [7, 11) is 4.37. The molecule has 0 radical (unpaired) electrons. The van der Waals surface area contributed by atoms with Crippen molar-refractivity contribution in [2.24, 2.45) is 0 Å². The lowest BCUT2D eigenvalue weighted by Gasteiger charge is -2.19. The average molecular weight is 423 g/mol. The van der Waals surface area contributed by atoms with E-state index in [-0.39, 0.29) is 12.3 Å². The quantitative estimate of drug-likeness (QED) is 0.560. The number of benzene rings is 2. The molecule has 3 aromatic rings. The number of carbonyl (C=O) groups excluding carboxylic acids is 2. The Morgan fingerprint density at radius 3 is 2.39 bits per heavy atom. The minimum absolute atomic E-state index is 0.0381. The number of para-hydroxylation sites is 1. The number of hydrogen-bond acceptors (Lipinski definition) is 6. The van der Waals surface area contributed by atoms with Crippen molar-refractivity contribution in [2.75, 3.05) is 21.3 Å². The molecule has 8 nitrogen and oxygen atoms in total. The summed E-state index contributed by atoms with van der Waals surface area (Å²) in [5, 5.41) is 7.26. The van der Waals surface area contributed by atoms with Crippen LogP contribution in [0.25, 0.3) is 5.69 Å². The SMILES string of the molecule is COC(=O)C[C@H](NC(=O)c1cnn(-c2ccccc2)c1C)c1ccc(OC)c(OC)c1. The lowest BCUT2D eigenvalue weighted by Crippen LogP contribution is -2.30. The largest absolute Gasteiger partial charge is 0.493 e. The number of aromatic nitrogens is 2. The molecule has 0 spiro atoms. The molecule has 1 amide bonds. The van der Waals surface area contributed by atoms with Gasteiger partial charge in [0.2, 0.25) is 0 Å². The fourth-order valence-electron chi connectivity index (χ4n) is 3.27. The highest BCUT2D eigenvalue weighted by Crippen LogP contribution is 2.31. The minimum Gasteiger partial charge on any atom is -0.493 e. The second-order valence-corrected chi connectivity index (χ2v) is 6.81. The van der Waals surface area contributed by atoms with Gasteiger partial charge >= 0.3 is 5.97 Å². The highest BCUT2D eigenvalue weighted by Gasteiger charge is 2.23. The molecule has 8 heteroatoms. The highest BCUT2D eigenvalue weighted by molar-refractivity contribution is 5.95. The van der Waals surface area contributed by atoms with E-state index >= 15 is 0 Å². The van der Waals surface area contributed by atoms with E-state index < -0.39 is 12.0 Å². The smallest absolute Gasteiger partial charge is 0.307 e. The van der Waals surface area contributed by atoms with Crippen molar-refractivity contribution in [2.45, 2.75) is 19.4 Å². The molecule has 3 rings (SSSR count). The van der Waals surface area contributed by atoms with Gasteiger partial charge < -0.3 is 19.5 Å². The predicted molar refractivity (Wildman–Crippen MR) is 115 cm³/mol. The first-order valence-electron chi connectivity index (χ1n) is 9.68. The van der Waals surface area contributed by atoms with Gasteiger partial charge in [0.25, 0.3) is 5.91 Å². The van der Waals surface area contributed by atoms with Gasteiger partial charge in [0.15, 0.2) is 11.5 Å². The molecule has 0 saturated heterocycles. The van der Waals surface area contributed by atoms with Crippen molar-refractivity contribution < 1.29 is 23.8 Å². The molecule has 2 aromatic carbocycles. The molecule has 0 aliphatic heterocycles. The maximum Gasteiger partial charge on any atom is 0.307 e. The van der Waals surface area contributed by atoms with E-state index in [1.807, 2.05) is 37.3 Å². The molecule has 162 valence electrons. The maximum atomic E-state index is 13.1. The van der Waals surface area contributed by atoms with Crippen molar-refractivity contribution in [3.05, 3.63) is 71.5 Å². The molecule has 0 unspecified atom stereocenters. The van der Waals surface area contributed by atoms with Crippen molar-refractivity contribution in [3.63, 3.8) is 0 Å². The number of hydrogen-bond donors (Lipinski definition) is 1. The fraction of sp³-hybridized carbons (Fsp3) is 0.261. The van der Waals surface area contributed by atoms with Crippen LogP contribution in [0.2, 0.25) is 0 Å². The summed E-state index contributed by atoms with van der Waals surface area (Å²) in [5.74, 6) is 0.256. The molecule has 1 aromatic heterocycles. The zero-order chi connectivity index (χ0) is 22.4. The van der Waals surface area contributed by atoms with Gasteiger partial charge in [-0.05, 0) is 36.8 Å². The lowest BCUT2D eigenvalue weighted by atomic mass is 10.0. The number of methoxy groups -OCH3 is 3. The third-order valence-electron chi connectivity index (χ3n) is 4.97. The average Bonchev–Trinajstić information content (AvgIpc) is 3.19. The molecule has 1 atom stereocenters. The topological polar surface area (TPSA) is 91.7 Å². The number of carbonyl (C=O) groups is 2. The Kier molecular flexibility index (Phi) is 6.92. The zero-order valence-electron chi connectivity index (χ0n) is 17.9. The van der Waals surface area contributed by atoms with Gasteiger partial charge in [-0.3, -0.25) is 9.59 Å². The molecule has 31 heavy (non-hydrogen) atoms. The summed E-state index contributed by atoms with van der Waals surface area (Å²) in [4.78, 5) is 25.1. The van der Waals surface area contributed by atoms with E-state index in [0.717, 1.165) is 5.69 Å². The van der Waals surface area contributed by atoms with Crippen molar-refractivity contribution in [3.8, 4) is 17.2 Å². The molecular formula is C23H25N3O5. The standard InChI is InChI=1S/C23H25N3O5/c1-15-18(14-24-26(15)17-8-6-5-7-9-17)23(28)25-19(13-22(27)31-4)16-10-11-20(29-2)21(12-16)30-3/h5-12,14,19H,13H2,1-4H3,(H,25,28)/t19-/m0/s1. The van der Waals surface area contributed by atoms with Crippen molar-refractivity contribution in [1.82, 2.24) is 15.1 Å². The minimum atomic E-state index is -0.626. The summed E-state index contributed by atoms with van der Waals surface area (Å²) in [6.45, 7) is 1.82. The molecule has 0 aliphatic rings. The first-order chi connectivity index (χ1) is 15.0. The second-order valence-electron chi connectivity index (χ2n) is 6.81. The van der Waals surface area contributed by atoms with E-state index in [2.05, 4.69) is 10.4 Å². The van der Waals surface area contributed by atoms with Gasteiger partial charge in [-0.25, -0.2) is 4.68 Å². The monoisotopic (exact) mass is 423 g/mol. The number of esters is 1. The Morgan fingerprint density at radius 1 is 1.03 bits per heavy atom. The van der Waals surface area contributed by atoms with Crippen LogP contribution in [-0.2, 0) is 9.53 Å². The van der Waals surface area contributed by atoms with Crippen LogP contribution in [0.15, 0.2) is 54.7 Å². The number of nitrogens with zero attached hydrogens (tertiary/aromatic N) is 2. The van der Waals surface area contributed by atoms with Crippen molar-refractivity contribution in [1.29, 1.82) is 0 Å². The molecule has 0 bridgehead atoms. The van der Waals surface area contributed by atoms with Crippen LogP contribution in [0, 0.1) is 6.92 Å². The Hall–Kier alpha value is -3.81. The van der Waals surface area contributed by atoms with Crippen LogP contribution >= 0.6 is 0 Å². The first-order valence-corrected chi connectivity index (χ1v) is 9.68. The summed E-state index contributed by atoms with van der Waals surface area (Å²) in [6.07, 6.45) is 1.48. The molecule has 0 aliphatic carbocycles. The zero-order valence-corrected chi connectivity index (χ0v) is 17.9. The van der Waals surface area contributed by atoms with Gasteiger partial charge in [0.1, 0.15) is 0 Å². The Morgan fingerprint density at radius 2 is 1.74 bits per heavy atom. The molecule has 1 N–H and O–H groups in total. The summed E-state index contributed by atoms with van der Waals surface area (Å²) >= 11 is 0. The van der Waals surface area contributed by atoms with Crippen LogP contribution in [0.1, 0.15) is 34.1 Å². The van der Waals surface area contributed by atoms with Gasteiger partial charge in [-0.1, -0.05) is 24.3 Å². The normalized spacial score (nSPS) is 11.5. The van der Waals surface area contributed by atoms with Crippen LogP contribution in [0.5, 0.6) is 11.5 Å². The number of rotatable bonds is 8. The third kappa shape index (κ3) is 4.85. The van der Waals surface area contributed by atoms with E-state index in [1.54, 1.807) is 30.0 Å². The van der Waals surface area contributed by atoms with Gasteiger partial charge in [0.05, 0.1) is 56.9 Å². The third-order valence-corrected chi connectivity index (χ3v) is 4.97. The summed E-state index contributed by atoms with van der Waals surface area (Å²) < 4.78 is 17.1. The number of nitrogens with one attached hydrogen (secondary N) is 1. The Bertz CT molecular complexity index is 1060. The van der Waals surface area contributed by atoms with Crippen LogP contribution in [0.3, 0.4) is 0 Å². The number of ether oxygens (including phenoxy) is 3. The van der Waals surface area contributed by atoms with Gasteiger partial charge in [0, 0.05) is 0 Å². The van der Waals surface area contributed by atoms with Crippen LogP contribution < -0.4 is 14.8 Å². The molecule has 0 saturated carbocycles. The van der Waals surface area contributed by atoms with Crippen LogP contribution in [-0.4, -0.2) is 43.0 Å². The van der Waals surface area contributed by atoms with E-state index in [4.69, 9.17) is 14.2 Å². The van der Waals surface area contributed by atoms with Crippen LogP contribution in [0.4, 0.5) is 0 Å². The Balaban J connectivity index is 1.89. The summed E-state index contributed by atoms with van der Waals surface area (Å²) in [5.41, 5.74) is 2.64. The molecular weight excluding hydrogens is 398 g/mol. The van der Waals surface area contributed by atoms with Crippen molar-refractivity contribution >= 4 is 11.9 Å². The molecule has 1 heterocycles. The lowest BCUT2D eigenvalue weighted by molar-refractivity contribution is -0.141. The number of amides is 1. The second kappa shape index (κ2) is 9.80. The first kappa shape index (κ1) is 21.9. The predicted octanol–water partition coefficient (Wildman–Crippen LogP) is 3.23.